The molecule has 0 aliphatic carbocycles. The lowest BCUT2D eigenvalue weighted by atomic mass is 9.90. The van der Waals surface area contributed by atoms with E-state index >= 15 is 0 Å². The van der Waals surface area contributed by atoms with Crippen LogP contribution in [0.3, 0.4) is 0 Å². The van der Waals surface area contributed by atoms with Crippen LogP contribution in [0.5, 0.6) is 0 Å². The second-order valence-electron chi connectivity index (χ2n) is 5.37. The van der Waals surface area contributed by atoms with Crippen molar-refractivity contribution in [1.82, 2.24) is 4.72 Å². The molecule has 0 saturated heterocycles. The highest BCUT2D eigenvalue weighted by atomic mass is 35.5. The first-order valence-corrected chi connectivity index (χ1v) is 9.25. The van der Waals surface area contributed by atoms with E-state index in [0.29, 0.717) is 6.42 Å². The molecule has 8 heteroatoms. The smallest absolute Gasteiger partial charge is 0.226 e. The molecule has 0 aliphatic rings. The van der Waals surface area contributed by atoms with E-state index in [-0.39, 0.29) is 17.3 Å². The Balaban J connectivity index is 4.30. The van der Waals surface area contributed by atoms with Gasteiger partial charge in [0.15, 0.2) is 14.9 Å². The number of halogens is 1. The summed E-state index contributed by atoms with van der Waals surface area (Å²) in [7, 11) is -7.37. The van der Waals surface area contributed by atoms with Crippen molar-refractivity contribution < 1.29 is 16.8 Å². The van der Waals surface area contributed by atoms with Gasteiger partial charge in [-0.25, -0.2) is 21.6 Å². The van der Waals surface area contributed by atoms with E-state index in [1.54, 1.807) is 0 Å². The van der Waals surface area contributed by atoms with E-state index in [2.05, 4.69) is 4.72 Å². The lowest BCUT2D eigenvalue weighted by molar-refractivity contribution is 0.369. The van der Waals surface area contributed by atoms with Crippen LogP contribution in [0.25, 0.3) is 0 Å². The zero-order valence-corrected chi connectivity index (χ0v) is 12.9. The van der Waals surface area contributed by atoms with E-state index in [9.17, 15) is 16.8 Å². The predicted octanol–water partition coefficient (Wildman–Crippen LogP) is 0.952. The summed E-state index contributed by atoms with van der Waals surface area (Å²) in [4.78, 5) is 0. The summed E-state index contributed by atoms with van der Waals surface area (Å²) in [6, 6.07) is 0. The minimum atomic E-state index is -3.81. The Labute approximate surface area is 109 Å². The van der Waals surface area contributed by atoms with Crippen LogP contribution in [0.1, 0.15) is 27.2 Å². The highest BCUT2D eigenvalue weighted by Gasteiger charge is 2.21. The zero-order chi connectivity index (χ0) is 13.9. The molecule has 0 aliphatic heterocycles. The van der Waals surface area contributed by atoms with Gasteiger partial charge < -0.3 is 0 Å². The zero-order valence-electron chi connectivity index (χ0n) is 10.5. The molecule has 5 nitrogen and oxygen atoms in total. The summed E-state index contributed by atoms with van der Waals surface area (Å²) >= 11 is 5.97. The molecule has 104 valence electrons. The molecule has 17 heavy (non-hydrogen) atoms. The quantitative estimate of drug-likeness (QED) is 0.741. The molecule has 0 aromatic carbocycles. The van der Waals surface area contributed by atoms with Gasteiger partial charge in [-0.1, -0.05) is 20.8 Å². The van der Waals surface area contributed by atoms with Crippen LogP contribution in [-0.4, -0.2) is 40.1 Å². The summed E-state index contributed by atoms with van der Waals surface area (Å²) < 4.78 is 46.7. The van der Waals surface area contributed by atoms with Crippen molar-refractivity contribution in [3.8, 4) is 0 Å². The van der Waals surface area contributed by atoms with Crippen molar-refractivity contribution in [3.05, 3.63) is 0 Å². The van der Waals surface area contributed by atoms with Gasteiger partial charge in [0, 0.05) is 18.2 Å². The van der Waals surface area contributed by atoms with Gasteiger partial charge in [0.25, 0.3) is 0 Å². The highest BCUT2D eigenvalue weighted by molar-refractivity contribution is 8.06. The predicted molar refractivity (Wildman–Crippen MR) is 70.3 cm³/mol. The van der Waals surface area contributed by atoms with Gasteiger partial charge in [-0.3, -0.25) is 0 Å². The Hall–Kier alpha value is 0.150. The van der Waals surface area contributed by atoms with Crippen LogP contribution in [-0.2, 0) is 19.9 Å². The number of rotatable bonds is 6. The van der Waals surface area contributed by atoms with Crippen molar-refractivity contribution >= 4 is 31.5 Å². The van der Waals surface area contributed by atoms with Gasteiger partial charge in [-0.15, -0.1) is 11.6 Å². The van der Waals surface area contributed by atoms with Gasteiger partial charge in [0.2, 0.25) is 10.0 Å². The van der Waals surface area contributed by atoms with Crippen molar-refractivity contribution in [2.75, 3.05) is 17.9 Å². The van der Waals surface area contributed by atoms with Crippen molar-refractivity contribution in [2.24, 2.45) is 5.41 Å². The van der Waals surface area contributed by atoms with Crippen LogP contribution >= 0.6 is 11.6 Å². The van der Waals surface area contributed by atoms with Crippen molar-refractivity contribution in [3.63, 3.8) is 0 Å². The topological polar surface area (TPSA) is 80.3 Å². The molecule has 0 heterocycles. The number of hydrogen-bond acceptors (Lipinski definition) is 4. The molecule has 1 unspecified atom stereocenters. The maximum absolute atomic E-state index is 11.4. The first-order valence-electron chi connectivity index (χ1n) is 5.10. The van der Waals surface area contributed by atoms with Gasteiger partial charge >= 0.3 is 0 Å². The Morgan fingerprint density at radius 3 is 2.00 bits per heavy atom. The maximum atomic E-state index is 11.4. The molecular formula is C9H20ClNO4S2. The fourth-order valence-corrected chi connectivity index (χ4v) is 4.95. The molecule has 1 atom stereocenters. The third kappa shape index (κ3) is 11.0. The minimum absolute atomic E-state index is 0.00527. The largest absolute Gasteiger partial charge is 0.228 e. The minimum Gasteiger partial charge on any atom is -0.228 e. The summed E-state index contributed by atoms with van der Waals surface area (Å²) in [6.45, 7) is 6.02. The van der Waals surface area contributed by atoms with Crippen molar-refractivity contribution in [2.45, 2.75) is 32.6 Å². The van der Waals surface area contributed by atoms with Gasteiger partial charge in [-0.2, -0.15) is 0 Å². The molecule has 0 saturated carbocycles. The SMILES string of the molecule is CC(C)(C)CC(Cl)CNS(=O)(=O)CS(C)(=O)=O. The van der Waals surface area contributed by atoms with Gasteiger partial charge in [0.05, 0.1) is 0 Å². The fourth-order valence-electron chi connectivity index (χ4n) is 1.28. The van der Waals surface area contributed by atoms with E-state index in [1.807, 2.05) is 20.8 Å². The third-order valence-electron chi connectivity index (χ3n) is 1.73. The molecule has 0 aromatic rings. The molecular weight excluding hydrogens is 286 g/mol. The van der Waals surface area contributed by atoms with Crippen LogP contribution in [0.2, 0.25) is 0 Å². The summed E-state index contributed by atoms with van der Waals surface area (Å²) in [5.41, 5.74) is -0.00527. The average molecular weight is 306 g/mol. The van der Waals surface area contributed by atoms with Crippen molar-refractivity contribution in [1.29, 1.82) is 0 Å². The normalized spacial score (nSPS) is 15.8. The molecule has 0 radical (unpaired) electrons. The Morgan fingerprint density at radius 1 is 1.18 bits per heavy atom. The summed E-state index contributed by atoms with van der Waals surface area (Å²) in [5, 5.41) is -1.26. The molecule has 0 bridgehead atoms. The van der Waals surface area contributed by atoms with E-state index in [4.69, 9.17) is 11.6 Å². The standard InChI is InChI=1S/C9H20ClNO4S2/c1-9(2,3)5-8(10)6-11-17(14,15)7-16(4,12)13/h8,11H,5-7H2,1-4H3. The van der Waals surface area contributed by atoms with E-state index in [1.165, 1.54) is 0 Å². The highest BCUT2D eigenvalue weighted by Crippen LogP contribution is 2.23. The average Bonchev–Trinajstić information content (AvgIpc) is 1.92. The van der Waals surface area contributed by atoms with Crippen LogP contribution in [0.15, 0.2) is 0 Å². The Kier molecular flexibility index (Phi) is 5.91. The van der Waals surface area contributed by atoms with E-state index in [0.717, 1.165) is 6.26 Å². The van der Waals surface area contributed by atoms with Crippen LogP contribution in [0, 0.1) is 5.41 Å². The van der Waals surface area contributed by atoms with Gasteiger partial charge in [0.1, 0.15) is 0 Å². The molecule has 0 spiro atoms. The second kappa shape index (κ2) is 5.86. The van der Waals surface area contributed by atoms with Crippen LogP contribution in [0.4, 0.5) is 0 Å². The fraction of sp³-hybridized carbons (Fsp3) is 1.00. The summed E-state index contributed by atoms with van der Waals surface area (Å²) in [5.74, 6) is 0. The van der Waals surface area contributed by atoms with Gasteiger partial charge in [-0.05, 0) is 11.8 Å². The lowest BCUT2D eigenvalue weighted by Gasteiger charge is -2.21. The Morgan fingerprint density at radius 2 is 1.65 bits per heavy atom. The Bertz CT molecular complexity index is 436. The molecule has 0 amide bonds. The number of sulfonamides is 1. The molecule has 1 N–H and O–H groups in total. The molecule has 0 rings (SSSR count). The summed E-state index contributed by atoms with van der Waals surface area (Å²) in [6.07, 6.45) is 1.51. The first-order chi connectivity index (χ1) is 7.31. The number of sulfone groups is 1. The molecule has 0 aromatic heterocycles. The maximum Gasteiger partial charge on any atom is 0.226 e. The number of nitrogens with one attached hydrogen (secondary N) is 1. The van der Waals surface area contributed by atoms with E-state index < -0.39 is 24.9 Å². The molecule has 0 fully saturated rings. The first kappa shape index (κ1) is 17.2. The number of hydrogen-bond donors (Lipinski definition) is 1. The monoisotopic (exact) mass is 305 g/mol. The van der Waals surface area contributed by atoms with Crippen LogP contribution < -0.4 is 4.72 Å². The second-order valence-corrected chi connectivity index (χ2v) is 10.3. The third-order valence-corrected chi connectivity index (χ3v) is 5.60. The number of alkyl halides is 1. The lowest BCUT2D eigenvalue weighted by Crippen LogP contribution is -2.35.